The minimum Gasteiger partial charge on any atom is -0.330 e. The predicted octanol–water partition coefficient (Wildman–Crippen LogP) is 3.78. The molecular formula is C19H13F2N3OS. The fourth-order valence-corrected chi connectivity index (χ4v) is 4.42. The lowest BCUT2D eigenvalue weighted by Gasteiger charge is -2.08. The van der Waals surface area contributed by atoms with Gasteiger partial charge in [0.05, 0.1) is 5.52 Å². The van der Waals surface area contributed by atoms with Crippen LogP contribution in [-0.4, -0.2) is 19.9 Å². The third kappa shape index (κ3) is 2.27. The maximum absolute atomic E-state index is 13.9. The SMILES string of the molecule is O=c1c2c(nc3n1CCS3)c1cc(F)ccc1n2Cc1ccc(F)cc1. The van der Waals surface area contributed by atoms with Crippen molar-refractivity contribution in [3.05, 3.63) is 70.0 Å². The van der Waals surface area contributed by atoms with Gasteiger partial charge in [-0.1, -0.05) is 23.9 Å². The van der Waals surface area contributed by atoms with Crippen molar-refractivity contribution in [1.29, 1.82) is 0 Å². The molecule has 4 aromatic rings. The Bertz CT molecular complexity index is 1230. The van der Waals surface area contributed by atoms with Gasteiger partial charge in [0.2, 0.25) is 0 Å². The number of hydrogen-bond acceptors (Lipinski definition) is 3. The van der Waals surface area contributed by atoms with Crippen LogP contribution in [0.25, 0.3) is 21.9 Å². The predicted molar refractivity (Wildman–Crippen MR) is 97.7 cm³/mol. The largest absolute Gasteiger partial charge is 0.330 e. The summed E-state index contributed by atoms with van der Waals surface area (Å²) in [5.74, 6) is 0.127. The lowest BCUT2D eigenvalue weighted by molar-refractivity contribution is 0.626. The van der Waals surface area contributed by atoms with Crippen molar-refractivity contribution in [1.82, 2.24) is 14.1 Å². The molecule has 0 unspecified atom stereocenters. The Hall–Kier alpha value is -2.67. The van der Waals surface area contributed by atoms with Gasteiger partial charge in [0.15, 0.2) is 5.16 Å². The average Bonchev–Trinajstić information content (AvgIpc) is 3.21. The standard InChI is InChI=1S/C19H13F2N3OS/c20-12-3-1-11(2-4-12)10-24-15-6-5-13(21)9-14(15)16-17(24)18(25)23-7-8-26-19(23)22-16/h1-6,9H,7-8,10H2. The molecule has 0 atom stereocenters. The molecule has 0 saturated carbocycles. The molecule has 0 bridgehead atoms. The Morgan fingerprint density at radius 1 is 1.08 bits per heavy atom. The summed E-state index contributed by atoms with van der Waals surface area (Å²) in [6.45, 7) is 1.00. The third-order valence-electron chi connectivity index (χ3n) is 4.68. The van der Waals surface area contributed by atoms with Crippen molar-refractivity contribution in [2.75, 3.05) is 5.75 Å². The van der Waals surface area contributed by atoms with Crippen molar-refractivity contribution in [2.45, 2.75) is 18.2 Å². The number of fused-ring (bicyclic) bond motifs is 4. The highest BCUT2D eigenvalue weighted by atomic mass is 32.2. The van der Waals surface area contributed by atoms with Gasteiger partial charge in [-0.15, -0.1) is 0 Å². The molecule has 2 aromatic carbocycles. The maximum Gasteiger partial charge on any atom is 0.278 e. The van der Waals surface area contributed by atoms with Gasteiger partial charge >= 0.3 is 0 Å². The molecule has 0 saturated heterocycles. The minimum absolute atomic E-state index is 0.117. The molecule has 2 aromatic heterocycles. The van der Waals surface area contributed by atoms with E-state index < -0.39 is 0 Å². The number of hydrogen-bond donors (Lipinski definition) is 0. The zero-order chi connectivity index (χ0) is 17.8. The van der Waals surface area contributed by atoms with Crippen LogP contribution in [0.4, 0.5) is 8.78 Å². The summed E-state index contributed by atoms with van der Waals surface area (Å²) in [7, 11) is 0. The van der Waals surface area contributed by atoms with Crippen molar-refractivity contribution in [3.63, 3.8) is 0 Å². The molecule has 0 N–H and O–H groups in total. The number of benzene rings is 2. The lowest BCUT2D eigenvalue weighted by Crippen LogP contribution is -2.22. The number of aromatic nitrogens is 3. The topological polar surface area (TPSA) is 39.8 Å². The van der Waals surface area contributed by atoms with Crippen LogP contribution in [0.5, 0.6) is 0 Å². The van der Waals surface area contributed by atoms with E-state index in [4.69, 9.17) is 0 Å². The molecule has 0 amide bonds. The summed E-state index contributed by atoms with van der Waals surface area (Å²) >= 11 is 1.53. The monoisotopic (exact) mass is 369 g/mol. The van der Waals surface area contributed by atoms with Gasteiger partial charge < -0.3 is 4.57 Å². The van der Waals surface area contributed by atoms with Crippen LogP contribution in [0.15, 0.2) is 52.4 Å². The van der Waals surface area contributed by atoms with Gasteiger partial charge in [-0.3, -0.25) is 9.36 Å². The molecule has 1 aliphatic heterocycles. The number of rotatable bonds is 2. The highest BCUT2D eigenvalue weighted by Gasteiger charge is 2.22. The molecule has 0 fully saturated rings. The molecule has 1 aliphatic rings. The van der Waals surface area contributed by atoms with Crippen LogP contribution in [0.1, 0.15) is 5.56 Å². The Morgan fingerprint density at radius 2 is 1.85 bits per heavy atom. The normalized spacial score (nSPS) is 13.6. The van der Waals surface area contributed by atoms with E-state index in [1.807, 2.05) is 4.57 Å². The van der Waals surface area contributed by atoms with Gasteiger partial charge in [-0.2, -0.15) is 0 Å². The van der Waals surface area contributed by atoms with E-state index in [0.29, 0.717) is 34.7 Å². The van der Waals surface area contributed by atoms with Crippen molar-refractivity contribution in [2.24, 2.45) is 0 Å². The van der Waals surface area contributed by atoms with Crippen molar-refractivity contribution < 1.29 is 8.78 Å². The summed E-state index contributed by atoms with van der Waals surface area (Å²) in [6.07, 6.45) is 0. The Kier molecular flexibility index (Phi) is 3.40. The van der Waals surface area contributed by atoms with E-state index in [2.05, 4.69) is 4.98 Å². The van der Waals surface area contributed by atoms with Gasteiger partial charge in [-0.25, -0.2) is 13.8 Å². The first kappa shape index (κ1) is 15.6. The molecule has 4 nitrogen and oxygen atoms in total. The van der Waals surface area contributed by atoms with Gasteiger partial charge in [0, 0.05) is 24.2 Å². The summed E-state index contributed by atoms with van der Waals surface area (Å²) in [4.78, 5) is 17.7. The van der Waals surface area contributed by atoms with E-state index in [0.717, 1.165) is 16.8 Å². The first-order valence-corrected chi connectivity index (χ1v) is 9.20. The quantitative estimate of drug-likeness (QED) is 0.505. The van der Waals surface area contributed by atoms with Crippen LogP contribution in [0.3, 0.4) is 0 Å². The van der Waals surface area contributed by atoms with Crippen LogP contribution < -0.4 is 5.56 Å². The van der Waals surface area contributed by atoms with Crippen LogP contribution >= 0.6 is 11.8 Å². The second kappa shape index (κ2) is 5.67. The number of thioether (sulfide) groups is 1. The highest BCUT2D eigenvalue weighted by Crippen LogP contribution is 2.31. The van der Waals surface area contributed by atoms with Crippen LogP contribution in [0.2, 0.25) is 0 Å². The molecule has 5 rings (SSSR count). The fraction of sp³-hybridized carbons (Fsp3) is 0.158. The summed E-state index contributed by atoms with van der Waals surface area (Å²) in [5, 5.41) is 1.29. The molecule has 0 spiro atoms. The molecule has 3 heterocycles. The summed E-state index contributed by atoms with van der Waals surface area (Å²) < 4.78 is 30.6. The van der Waals surface area contributed by atoms with Gasteiger partial charge in [0.25, 0.3) is 5.56 Å². The second-order valence-electron chi connectivity index (χ2n) is 6.27. The number of nitrogens with zero attached hydrogens (tertiary/aromatic N) is 3. The van der Waals surface area contributed by atoms with Crippen LogP contribution in [0, 0.1) is 11.6 Å². The third-order valence-corrected chi connectivity index (χ3v) is 5.64. The lowest BCUT2D eigenvalue weighted by atomic mass is 10.2. The molecular weight excluding hydrogens is 356 g/mol. The Morgan fingerprint density at radius 3 is 2.65 bits per heavy atom. The van der Waals surface area contributed by atoms with Gasteiger partial charge in [0.1, 0.15) is 22.7 Å². The Labute approximate surface area is 151 Å². The van der Waals surface area contributed by atoms with E-state index in [-0.39, 0.29) is 17.2 Å². The maximum atomic E-state index is 13.9. The average molecular weight is 369 g/mol. The van der Waals surface area contributed by atoms with Crippen molar-refractivity contribution >= 4 is 33.7 Å². The van der Waals surface area contributed by atoms with E-state index in [9.17, 15) is 13.6 Å². The molecule has 7 heteroatoms. The van der Waals surface area contributed by atoms with Crippen LogP contribution in [-0.2, 0) is 13.1 Å². The summed E-state index contributed by atoms with van der Waals surface area (Å²) in [6, 6.07) is 10.6. The first-order valence-electron chi connectivity index (χ1n) is 8.21. The second-order valence-corrected chi connectivity index (χ2v) is 7.33. The molecule has 0 radical (unpaired) electrons. The van der Waals surface area contributed by atoms with Gasteiger partial charge in [-0.05, 0) is 35.9 Å². The first-order chi connectivity index (χ1) is 12.6. The van der Waals surface area contributed by atoms with Crippen molar-refractivity contribution in [3.8, 4) is 0 Å². The van der Waals surface area contributed by atoms with E-state index in [1.54, 1.807) is 22.8 Å². The smallest absolute Gasteiger partial charge is 0.278 e. The minimum atomic E-state index is -0.367. The van der Waals surface area contributed by atoms with E-state index in [1.165, 1.54) is 36.0 Å². The summed E-state index contributed by atoms with van der Waals surface area (Å²) in [5.41, 5.74) is 2.46. The zero-order valence-electron chi connectivity index (χ0n) is 13.6. The molecule has 130 valence electrons. The zero-order valence-corrected chi connectivity index (χ0v) is 14.4. The number of halogens is 2. The highest BCUT2D eigenvalue weighted by molar-refractivity contribution is 7.99. The molecule has 26 heavy (non-hydrogen) atoms. The van der Waals surface area contributed by atoms with E-state index >= 15 is 0 Å². The Balaban J connectivity index is 1.84. The molecule has 0 aliphatic carbocycles. The fourth-order valence-electron chi connectivity index (χ4n) is 3.48.